The Morgan fingerprint density at radius 2 is 1.88 bits per heavy atom. The summed E-state index contributed by atoms with van der Waals surface area (Å²) in [7, 11) is 1.73. The summed E-state index contributed by atoms with van der Waals surface area (Å²) in [4.78, 5) is 20.0. The number of halogens is 1. The summed E-state index contributed by atoms with van der Waals surface area (Å²) in [5.74, 6) is 0.573. The fourth-order valence-corrected chi connectivity index (χ4v) is 2.40. The second-order valence-electron chi connectivity index (χ2n) is 5.78. The summed E-state index contributed by atoms with van der Waals surface area (Å²) < 4.78 is 0. The van der Waals surface area contributed by atoms with Crippen LogP contribution in [-0.4, -0.2) is 37.0 Å². The standard InChI is InChI=1S/C19H25N5O.HI/c1-14-6-7-16(15(2)11-14)13-24-19(20-3)23-10-9-22-18(25)17-5-4-8-21-12-17;/h4-8,11-12H,9-10,13H2,1-3H3,(H,22,25)(H2,20,23,24);1H. The van der Waals surface area contributed by atoms with E-state index in [0.717, 1.165) is 0 Å². The second kappa shape index (κ2) is 11.5. The van der Waals surface area contributed by atoms with Crippen molar-refractivity contribution in [2.24, 2.45) is 4.99 Å². The molecule has 0 bridgehead atoms. The van der Waals surface area contributed by atoms with Gasteiger partial charge in [0.15, 0.2) is 5.96 Å². The highest BCUT2D eigenvalue weighted by Crippen LogP contribution is 2.09. The van der Waals surface area contributed by atoms with Gasteiger partial charge in [-0.3, -0.25) is 14.8 Å². The third-order valence-corrected chi connectivity index (χ3v) is 3.79. The van der Waals surface area contributed by atoms with Crippen LogP contribution in [0.15, 0.2) is 47.7 Å². The number of aryl methyl sites for hydroxylation is 2. The summed E-state index contributed by atoms with van der Waals surface area (Å²) in [6.07, 6.45) is 3.19. The van der Waals surface area contributed by atoms with Crippen molar-refractivity contribution >= 4 is 35.8 Å². The number of carbonyl (C=O) groups is 1. The molecule has 3 N–H and O–H groups in total. The van der Waals surface area contributed by atoms with Gasteiger partial charge in [0, 0.05) is 39.1 Å². The molecule has 0 unspecified atom stereocenters. The van der Waals surface area contributed by atoms with E-state index in [0.29, 0.717) is 31.2 Å². The van der Waals surface area contributed by atoms with E-state index in [-0.39, 0.29) is 29.9 Å². The van der Waals surface area contributed by atoms with Crippen molar-refractivity contribution < 1.29 is 4.79 Å². The molecule has 0 aliphatic carbocycles. The first-order chi connectivity index (χ1) is 12.1. The Bertz CT molecular complexity index is 734. The number of aromatic nitrogens is 1. The maximum absolute atomic E-state index is 11.9. The number of rotatable bonds is 6. The van der Waals surface area contributed by atoms with E-state index >= 15 is 0 Å². The van der Waals surface area contributed by atoms with Crippen LogP contribution in [-0.2, 0) is 6.54 Å². The largest absolute Gasteiger partial charge is 0.355 e. The molecule has 1 heterocycles. The van der Waals surface area contributed by atoms with Crippen LogP contribution >= 0.6 is 24.0 Å². The minimum atomic E-state index is -0.131. The van der Waals surface area contributed by atoms with Gasteiger partial charge in [0.1, 0.15) is 0 Å². The molecule has 0 saturated carbocycles. The number of benzene rings is 1. The molecular weight excluding hydrogens is 441 g/mol. The van der Waals surface area contributed by atoms with Crippen molar-refractivity contribution in [2.75, 3.05) is 20.1 Å². The first-order valence-corrected chi connectivity index (χ1v) is 8.29. The number of pyridine rings is 1. The van der Waals surface area contributed by atoms with Gasteiger partial charge < -0.3 is 16.0 Å². The first-order valence-electron chi connectivity index (χ1n) is 8.29. The van der Waals surface area contributed by atoms with Crippen LogP contribution in [0.2, 0.25) is 0 Å². The van der Waals surface area contributed by atoms with Gasteiger partial charge in [-0.15, -0.1) is 24.0 Å². The SMILES string of the molecule is CN=C(NCCNC(=O)c1cccnc1)NCc1ccc(C)cc1C.I. The highest BCUT2D eigenvalue weighted by Gasteiger charge is 2.04. The summed E-state index contributed by atoms with van der Waals surface area (Å²) in [6, 6.07) is 9.88. The predicted molar refractivity (Wildman–Crippen MR) is 116 cm³/mol. The van der Waals surface area contributed by atoms with Crippen LogP contribution in [0.3, 0.4) is 0 Å². The van der Waals surface area contributed by atoms with Gasteiger partial charge in [0.2, 0.25) is 0 Å². The molecule has 0 saturated heterocycles. The molecule has 2 aromatic rings. The second-order valence-corrected chi connectivity index (χ2v) is 5.78. The van der Waals surface area contributed by atoms with Crippen LogP contribution < -0.4 is 16.0 Å². The van der Waals surface area contributed by atoms with Gasteiger partial charge in [-0.2, -0.15) is 0 Å². The molecule has 7 heteroatoms. The minimum Gasteiger partial charge on any atom is -0.355 e. The van der Waals surface area contributed by atoms with Crippen LogP contribution in [0.5, 0.6) is 0 Å². The average Bonchev–Trinajstić information content (AvgIpc) is 2.63. The number of hydrogen-bond acceptors (Lipinski definition) is 3. The van der Waals surface area contributed by atoms with Gasteiger partial charge in [-0.25, -0.2) is 0 Å². The Kier molecular flexibility index (Phi) is 9.64. The van der Waals surface area contributed by atoms with Crippen molar-refractivity contribution in [3.05, 3.63) is 65.0 Å². The van der Waals surface area contributed by atoms with Crippen LogP contribution in [0, 0.1) is 13.8 Å². The van der Waals surface area contributed by atoms with Crippen LogP contribution in [0.25, 0.3) is 0 Å². The average molecular weight is 467 g/mol. The number of amides is 1. The van der Waals surface area contributed by atoms with Crippen molar-refractivity contribution in [1.82, 2.24) is 20.9 Å². The summed E-state index contributed by atoms with van der Waals surface area (Å²) in [5.41, 5.74) is 4.30. The molecule has 6 nitrogen and oxygen atoms in total. The van der Waals surface area contributed by atoms with E-state index in [9.17, 15) is 4.79 Å². The minimum absolute atomic E-state index is 0. The molecule has 0 atom stereocenters. The zero-order valence-corrected chi connectivity index (χ0v) is 17.7. The monoisotopic (exact) mass is 467 g/mol. The molecule has 0 aliphatic heterocycles. The molecule has 140 valence electrons. The predicted octanol–water partition coefficient (Wildman–Crippen LogP) is 2.41. The topological polar surface area (TPSA) is 78.4 Å². The molecule has 0 aliphatic rings. The molecule has 26 heavy (non-hydrogen) atoms. The zero-order valence-electron chi connectivity index (χ0n) is 15.4. The quantitative estimate of drug-likeness (QED) is 0.264. The number of nitrogens with zero attached hydrogens (tertiary/aromatic N) is 2. The van der Waals surface area contributed by atoms with Crippen LogP contribution in [0.4, 0.5) is 0 Å². The van der Waals surface area contributed by atoms with Crippen molar-refractivity contribution in [3.8, 4) is 0 Å². The van der Waals surface area contributed by atoms with E-state index < -0.39 is 0 Å². The first kappa shape index (κ1) is 21.9. The lowest BCUT2D eigenvalue weighted by atomic mass is 10.1. The third kappa shape index (κ3) is 6.99. The molecule has 1 aromatic heterocycles. The summed E-state index contributed by atoms with van der Waals surface area (Å²) in [6.45, 7) is 5.98. The van der Waals surface area contributed by atoms with E-state index in [1.54, 1.807) is 31.6 Å². The van der Waals surface area contributed by atoms with Gasteiger partial charge in [-0.05, 0) is 37.1 Å². The molecule has 0 spiro atoms. The summed E-state index contributed by atoms with van der Waals surface area (Å²) in [5, 5.41) is 9.31. The zero-order chi connectivity index (χ0) is 18.1. The lowest BCUT2D eigenvalue weighted by molar-refractivity contribution is 0.0954. The Hall–Kier alpha value is -2.16. The maximum atomic E-state index is 11.9. The molecular formula is C19H26IN5O. The maximum Gasteiger partial charge on any atom is 0.252 e. The van der Waals surface area contributed by atoms with Crippen LogP contribution in [0.1, 0.15) is 27.0 Å². The van der Waals surface area contributed by atoms with Crippen molar-refractivity contribution in [1.29, 1.82) is 0 Å². The number of aliphatic imine (C=N–C) groups is 1. The van der Waals surface area contributed by atoms with E-state index in [1.807, 2.05) is 0 Å². The smallest absolute Gasteiger partial charge is 0.252 e. The van der Waals surface area contributed by atoms with Gasteiger partial charge >= 0.3 is 0 Å². The molecule has 0 fully saturated rings. The highest BCUT2D eigenvalue weighted by molar-refractivity contribution is 14.0. The van der Waals surface area contributed by atoms with Gasteiger partial charge in [0.25, 0.3) is 5.91 Å². The fraction of sp³-hybridized carbons (Fsp3) is 0.316. The molecule has 1 amide bonds. The summed E-state index contributed by atoms with van der Waals surface area (Å²) >= 11 is 0. The van der Waals surface area contributed by atoms with Crippen molar-refractivity contribution in [3.63, 3.8) is 0 Å². The third-order valence-electron chi connectivity index (χ3n) is 3.79. The van der Waals surface area contributed by atoms with E-state index in [4.69, 9.17) is 0 Å². The molecule has 1 aromatic carbocycles. The van der Waals surface area contributed by atoms with E-state index in [1.165, 1.54) is 16.7 Å². The highest BCUT2D eigenvalue weighted by atomic mass is 127. The normalized spacial score (nSPS) is 10.7. The number of nitrogens with one attached hydrogen (secondary N) is 3. The van der Waals surface area contributed by atoms with E-state index in [2.05, 4.69) is 58.0 Å². The lowest BCUT2D eigenvalue weighted by Crippen LogP contribution is -2.41. The Labute approximate surface area is 171 Å². The Balaban J connectivity index is 0.00000338. The molecule has 2 rings (SSSR count). The van der Waals surface area contributed by atoms with Gasteiger partial charge in [0.05, 0.1) is 5.56 Å². The Morgan fingerprint density at radius 3 is 2.54 bits per heavy atom. The molecule has 0 radical (unpaired) electrons. The van der Waals surface area contributed by atoms with Crippen molar-refractivity contribution in [2.45, 2.75) is 20.4 Å². The Morgan fingerprint density at radius 1 is 1.12 bits per heavy atom. The fourth-order valence-electron chi connectivity index (χ4n) is 2.40. The lowest BCUT2D eigenvalue weighted by Gasteiger charge is -2.14. The number of hydrogen-bond donors (Lipinski definition) is 3. The number of carbonyl (C=O) groups excluding carboxylic acids is 1. The number of guanidine groups is 1. The van der Waals surface area contributed by atoms with Gasteiger partial charge in [-0.1, -0.05) is 23.8 Å².